The molecule has 0 atom stereocenters. The van der Waals surface area contributed by atoms with E-state index in [1.807, 2.05) is 35.2 Å². The first-order valence-corrected chi connectivity index (χ1v) is 9.45. The number of unbranched alkanes of at least 4 members (excludes halogenated alkanes) is 3. The molecule has 1 aromatic rings. The number of hydrogen-bond acceptors (Lipinski definition) is 3. The lowest BCUT2D eigenvalue weighted by Crippen LogP contribution is -2.49. The zero-order valence-corrected chi connectivity index (χ0v) is 15.4. The summed E-state index contributed by atoms with van der Waals surface area (Å²) in [5, 5.41) is 0. The molecule has 1 amide bonds. The lowest BCUT2D eigenvalue weighted by molar-refractivity contribution is -0.126. The minimum Gasteiger partial charge on any atom is -0.380 e. The number of piperazine rings is 1. The van der Waals surface area contributed by atoms with Gasteiger partial charge in [0, 0.05) is 50.8 Å². The van der Waals surface area contributed by atoms with Crippen LogP contribution in [-0.2, 0) is 9.53 Å². The van der Waals surface area contributed by atoms with E-state index in [1.165, 1.54) is 19.3 Å². The third kappa shape index (κ3) is 7.72. The van der Waals surface area contributed by atoms with Crippen LogP contribution >= 0.6 is 0 Å². The molecule has 0 bridgehead atoms. The molecule has 1 heterocycles. The Balaban J connectivity index is 1.60. The number of carbonyl (C=O) groups is 1. The maximum Gasteiger partial charge on any atom is 0.298 e. The summed E-state index contributed by atoms with van der Waals surface area (Å²) in [7, 11) is 0. The van der Waals surface area contributed by atoms with Gasteiger partial charge in [-0.05, 0) is 18.6 Å². The highest BCUT2D eigenvalue weighted by Crippen LogP contribution is 2.03. The van der Waals surface area contributed by atoms with Crippen molar-refractivity contribution >= 4 is 5.91 Å². The number of benzene rings is 1. The van der Waals surface area contributed by atoms with E-state index in [0.29, 0.717) is 0 Å². The van der Waals surface area contributed by atoms with E-state index in [-0.39, 0.29) is 5.91 Å². The first-order chi connectivity index (χ1) is 12.3. The second-order valence-corrected chi connectivity index (χ2v) is 6.42. The standard InChI is InChI=1S/C21H30N2O2/c1-2-3-4-8-18-25-19-17-22-13-15-23(16-14-22)21(24)12-11-20-9-6-5-7-10-20/h5-7,9-10H,2-4,8,13-19H2,1H3. The van der Waals surface area contributed by atoms with Crippen LogP contribution in [0.25, 0.3) is 0 Å². The molecule has 0 N–H and O–H groups in total. The molecule has 1 aromatic carbocycles. The van der Waals surface area contributed by atoms with Crippen LogP contribution in [0.3, 0.4) is 0 Å². The SMILES string of the molecule is CCCCCCOCCN1CCN(C(=O)C#Cc2ccccc2)CC1. The highest BCUT2D eigenvalue weighted by molar-refractivity contribution is 5.94. The van der Waals surface area contributed by atoms with E-state index in [9.17, 15) is 4.79 Å². The second-order valence-electron chi connectivity index (χ2n) is 6.42. The lowest BCUT2D eigenvalue weighted by atomic mass is 10.2. The highest BCUT2D eigenvalue weighted by Gasteiger charge is 2.19. The van der Waals surface area contributed by atoms with Crippen LogP contribution in [0.1, 0.15) is 38.2 Å². The summed E-state index contributed by atoms with van der Waals surface area (Å²) in [6, 6.07) is 9.64. The van der Waals surface area contributed by atoms with Gasteiger partial charge in [0.1, 0.15) is 0 Å². The van der Waals surface area contributed by atoms with E-state index in [1.54, 1.807) is 0 Å². The number of amides is 1. The molecule has 0 radical (unpaired) electrons. The van der Waals surface area contributed by atoms with Crippen molar-refractivity contribution in [1.82, 2.24) is 9.80 Å². The van der Waals surface area contributed by atoms with Gasteiger partial charge in [0.25, 0.3) is 5.91 Å². The third-order valence-corrected chi connectivity index (χ3v) is 4.44. The number of ether oxygens (including phenoxy) is 1. The van der Waals surface area contributed by atoms with Gasteiger partial charge in [-0.2, -0.15) is 0 Å². The van der Waals surface area contributed by atoms with Gasteiger partial charge in [0.15, 0.2) is 0 Å². The Kier molecular flexibility index (Phi) is 9.11. The summed E-state index contributed by atoms with van der Waals surface area (Å²) in [4.78, 5) is 16.4. The van der Waals surface area contributed by atoms with E-state index in [4.69, 9.17) is 4.74 Å². The van der Waals surface area contributed by atoms with Crippen LogP contribution in [0.15, 0.2) is 30.3 Å². The Hall–Kier alpha value is -1.83. The molecule has 4 heteroatoms. The molecule has 0 saturated carbocycles. The van der Waals surface area contributed by atoms with Crippen molar-refractivity contribution in [2.75, 3.05) is 45.9 Å². The topological polar surface area (TPSA) is 32.8 Å². The number of rotatable bonds is 8. The summed E-state index contributed by atoms with van der Waals surface area (Å²) >= 11 is 0. The van der Waals surface area contributed by atoms with E-state index in [2.05, 4.69) is 23.7 Å². The normalized spacial score (nSPS) is 14.8. The summed E-state index contributed by atoms with van der Waals surface area (Å²) in [5.41, 5.74) is 0.880. The van der Waals surface area contributed by atoms with Gasteiger partial charge in [-0.15, -0.1) is 0 Å². The van der Waals surface area contributed by atoms with E-state index >= 15 is 0 Å². The minimum absolute atomic E-state index is 0.0734. The Morgan fingerprint density at radius 1 is 1.04 bits per heavy atom. The molecule has 25 heavy (non-hydrogen) atoms. The van der Waals surface area contributed by atoms with Crippen molar-refractivity contribution in [3.8, 4) is 11.8 Å². The summed E-state index contributed by atoms with van der Waals surface area (Å²) in [6.45, 7) is 8.12. The number of hydrogen-bond donors (Lipinski definition) is 0. The molecular weight excluding hydrogens is 312 g/mol. The van der Waals surface area contributed by atoms with Crippen molar-refractivity contribution in [3.05, 3.63) is 35.9 Å². The second kappa shape index (κ2) is 11.7. The summed E-state index contributed by atoms with van der Waals surface area (Å²) < 4.78 is 5.70. The van der Waals surface area contributed by atoms with Gasteiger partial charge >= 0.3 is 0 Å². The highest BCUT2D eigenvalue weighted by atomic mass is 16.5. The van der Waals surface area contributed by atoms with Crippen LogP contribution < -0.4 is 0 Å². The maximum absolute atomic E-state index is 12.2. The largest absolute Gasteiger partial charge is 0.380 e. The summed E-state index contributed by atoms with van der Waals surface area (Å²) in [6.07, 6.45) is 4.99. The van der Waals surface area contributed by atoms with Crippen molar-refractivity contribution in [2.24, 2.45) is 0 Å². The summed E-state index contributed by atoms with van der Waals surface area (Å²) in [5.74, 6) is 5.62. The third-order valence-electron chi connectivity index (χ3n) is 4.44. The smallest absolute Gasteiger partial charge is 0.298 e. The average molecular weight is 342 g/mol. The van der Waals surface area contributed by atoms with Gasteiger partial charge in [-0.3, -0.25) is 9.69 Å². The predicted octanol–water partition coefficient (Wildman–Crippen LogP) is 2.78. The molecule has 1 aliphatic rings. The van der Waals surface area contributed by atoms with Crippen molar-refractivity contribution in [1.29, 1.82) is 0 Å². The van der Waals surface area contributed by atoms with Crippen LogP contribution in [0.5, 0.6) is 0 Å². The zero-order chi connectivity index (χ0) is 17.7. The molecular formula is C21H30N2O2. The predicted molar refractivity (Wildman–Crippen MR) is 101 cm³/mol. The molecule has 1 aliphatic heterocycles. The Morgan fingerprint density at radius 3 is 2.52 bits per heavy atom. The molecule has 0 spiro atoms. The zero-order valence-electron chi connectivity index (χ0n) is 15.4. The molecule has 0 aromatic heterocycles. The van der Waals surface area contributed by atoms with Gasteiger partial charge in [0.05, 0.1) is 6.61 Å². The molecule has 0 unspecified atom stereocenters. The maximum atomic E-state index is 12.2. The van der Waals surface area contributed by atoms with Gasteiger partial charge < -0.3 is 9.64 Å². The van der Waals surface area contributed by atoms with Crippen LogP contribution in [0.2, 0.25) is 0 Å². The molecule has 2 rings (SSSR count). The first-order valence-electron chi connectivity index (χ1n) is 9.45. The number of nitrogens with zero attached hydrogens (tertiary/aromatic N) is 2. The Labute approximate surface area is 152 Å². The van der Waals surface area contributed by atoms with Crippen molar-refractivity contribution in [3.63, 3.8) is 0 Å². The fourth-order valence-electron chi connectivity index (χ4n) is 2.83. The monoisotopic (exact) mass is 342 g/mol. The van der Waals surface area contributed by atoms with E-state index < -0.39 is 0 Å². The quantitative estimate of drug-likeness (QED) is 0.538. The van der Waals surface area contributed by atoms with Crippen molar-refractivity contribution < 1.29 is 9.53 Å². The minimum atomic E-state index is -0.0734. The van der Waals surface area contributed by atoms with Gasteiger partial charge in [-0.1, -0.05) is 50.3 Å². The molecule has 136 valence electrons. The van der Waals surface area contributed by atoms with Crippen LogP contribution in [0.4, 0.5) is 0 Å². The lowest BCUT2D eigenvalue weighted by Gasteiger charge is -2.33. The molecule has 4 nitrogen and oxygen atoms in total. The Bertz CT molecular complexity index is 554. The van der Waals surface area contributed by atoms with Crippen LogP contribution in [0, 0.1) is 11.8 Å². The number of carbonyl (C=O) groups excluding carboxylic acids is 1. The molecule has 0 aliphatic carbocycles. The average Bonchev–Trinajstić information content (AvgIpc) is 2.67. The molecule has 1 saturated heterocycles. The van der Waals surface area contributed by atoms with Crippen LogP contribution in [-0.4, -0.2) is 61.6 Å². The Morgan fingerprint density at radius 2 is 1.80 bits per heavy atom. The van der Waals surface area contributed by atoms with Gasteiger partial charge in [0.2, 0.25) is 0 Å². The van der Waals surface area contributed by atoms with E-state index in [0.717, 1.165) is 57.9 Å². The fraction of sp³-hybridized carbons (Fsp3) is 0.571. The molecule has 1 fully saturated rings. The fourth-order valence-corrected chi connectivity index (χ4v) is 2.83. The van der Waals surface area contributed by atoms with Gasteiger partial charge in [-0.25, -0.2) is 0 Å². The van der Waals surface area contributed by atoms with Crippen molar-refractivity contribution in [2.45, 2.75) is 32.6 Å². The first kappa shape index (κ1) is 19.5.